The Morgan fingerprint density at radius 3 is 2.66 bits per heavy atom. The van der Waals surface area contributed by atoms with Crippen molar-refractivity contribution in [1.29, 1.82) is 0 Å². The Hall–Kier alpha value is -4.73. The van der Waals surface area contributed by atoms with Crippen molar-refractivity contribution in [1.82, 2.24) is 24.8 Å². The zero-order valence-electron chi connectivity index (χ0n) is 21.1. The summed E-state index contributed by atoms with van der Waals surface area (Å²) in [4.78, 5) is 53.4. The molecule has 2 aromatic carbocycles. The predicted octanol–water partition coefficient (Wildman–Crippen LogP) is 3.34. The standard InChI is InChI=1S/C28H28N6O4/c1-17-8-10-22-26(29-17)32-24(31-22)16-33(2)27(37)19-9-11-21-20(12-19)15-34(14-18-6-4-3-5-7-18)28(38)23(30-21)13-25(35)36/h3-12,23,30H,13-16H2,1-2H3,(H,35,36)(H,29,31,32)/t23-/m0/s1. The third-order valence-electron chi connectivity index (χ3n) is 6.52. The first-order valence-corrected chi connectivity index (χ1v) is 12.3. The Balaban J connectivity index is 1.39. The second kappa shape index (κ2) is 10.3. The van der Waals surface area contributed by atoms with Crippen LogP contribution in [-0.2, 0) is 29.2 Å². The van der Waals surface area contributed by atoms with Crippen LogP contribution < -0.4 is 5.32 Å². The fourth-order valence-corrected chi connectivity index (χ4v) is 4.63. The number of carboxylic acids is 1. The van der Waals surface area contributed by atoms with Crippen LogP contribution in [0.3, 0.4) is 0 Å². The number of fused-ring (bicyclic) bond motifs is 2. The number of carboxylic acid groups (broad SMARTS) is 1. The van der Waals surface area contributed by atoms with Gasteiger partial charge in [-0.3, -0.25) is 14.4 Å². The van der Waals surface area contributed by atoms with E-state index in [0.29, 0.717) is 29.3 Å². The minimum atomic E-state index is -1.07. The third kappa shape index (κ3) is 5.34. The number of aromatic amines is 1. The van der Waals surface area contributed by atoms with Gasteiger partial charge in [-0.1, -0.05) is 30.3 Å². The summed E-state index contributed by atoms with van der Waals surface area (Å²) in [6.07, 6.45) is -0.348. The molecule has 1 aliphatic rings. The van der Waals surface area contributed by atoms with Gasteiger partial charge in [0.15, 0.2) is 5.65 Å². The minimum Gasteiger partial charge on any atom is -0.481 e. The van der Waals surface area contributed by atoms with E-state index in [1.165, 1.54) is 0 Å². The maximum atomic E-state index is 13.3. The van der Waals surface area contributed by atoms with Gasteiger partial charge in [0.05, 0.1) is 18.5 Å². The van der Waals surface area contributed by atoms with Crippen LogP contribution in [0, 0.1) is 6.92 Å². The van der Waals surface area contributed by atoms with E-state index >= 15 is 0 Å². The molecule has 3 heterocycles. The van der Waals surface area contributed by atoms with Crippen LogP contribution in [-0.4, -0.2) is 60.7 Å². The molecule has 1 aliphatic heterocycles. The Kier molecular flexibility index (Phi) is 6.78. The maximum absolute atomic E-state index is 13.3. The molecule has 0 saturated heterocycles. The fourth-order valence-electron chi connectivity index (χ4n) is 4.63. The largest absolute Gasteiger partial charge is 0.481 e. The molecule has 10 heteroatoms. The number of anilines is 1. The van der Waals surface area contributed by atoms with Crippen molar-refractivity contribution in [3.05, 3.63) is 88.9 Å². The van der Waals surface area contributed by atoms with Crippen molar-refractivity contribution in [2.45, 2.75) is 39.0 Å². The van der Waals surface area contributed by atoms with E-state index < -0.39 is 12.0 Å². The van der Waals surface area contributed by atoms with Crippen LogP contribution in [0.25, 0.3) is 11.2 Å². The summed E-state index contributed by atoms with van der Waals surface area (Å²) in [7, 11) is 1.70. The number of aryl methyl sites for hydroxylation is 1. The van der Waals surface area contributed by atoms with Crippen LogP contribution in [0.15, 0.2) is 60.7 Å². The van der Waals surface area contributed by atoms with E-state index in [2.05, 4.69) is 20.3 Å². The summed E-state index contributed by atoms with van der Waals surface area (Å²) in [5.74, 6) is -0.944. The number of hydrogen-bond donors (Lipinski definition) is 3. The summed E-state index contributed by atoms with van der Waals surface area (Å²) < 4.78 is 0. The minimum absolute atomic E-state index is 0.204. The highest BCUT2D eigenvalue weighted by Gasteiger charge is 2.31. The molecule has 2 amide bonds. The Morgan fingerprint density at radius 2 is 1.89 bits per heavy atom. The molecular formula is C28H28N6O4. The van der Waals surface area contributed by atoms with E-state index in [4.69, 9.17) is 0 Å². The molecule has 0 spiro atoms. The molecule has 1 atom stereocenters. The van der Waals surface area contributed by atoms with Crippen LogP contribution in [0.1, 0.15) is 39.4 Å². The number of carbonyl (C=O) groups is 3. The SMILES string of the molecule is Cc1ccc2[nH]c(CN(C)C(=O)c3ccc4c(c3)CN(Cc3ccccc3)C(=O)[C@H](CC(=O)O)N4)nc2n1. The van der Waals surface area contributed by atoms with E-state index in [-0.39, 0.29) is 31.3 Å². The monoisotopic (exact) mass is 512 g/mol. The number of H-pyrrole nitrogens is 1. The molecule has 10 nitrogen and oxygen atoms in total. The number of rotatable bonds is 7. The fraction of sp³-hybridized carbons (Fsp3) is 0.250. The summed E-state index contributed by atoms with van der Waals surface area (Å²) in [5.41, 5.74) is 5.05. The zero-order valence-corrected chi connectivity index (χ0v) is 21.1. The summed E-state index contributed by atoms with van der Waals surface area (Å²) in [6.45, 7) is 2.73. The predicted molar refractivity (Wildman–Crippen MR) is 141 cm³/mol. The molecule has 0 bridgehead atoms. The topological polar surface area (TPSA) is 132 Å². The summed E-state index contributed by atoms with van der Waals surface area (Å²) >= 11 is 0. The number of pyridine rings is 1. The van der Waals surface area contributed by atoms with Crippen molar-refractivity contribution >= 4 is 34.6 Å². The lowest BCUT2D eigenvalue weighted by Gasteiger charge is -2.24. The van der Waals surface area contributed by atoms with Gasteiger partial charge in [0.1, 0.15) is 11.9 Å². The molecule has 3 N–H and O–H groups in total. The molecule has 5 rings (SSSR count). The van der Waals surface area contributed by atoms with E-state index in [9.17, 15) is 19.5 Å². The first-order valence-electron chi connectivity index (χ1n) is 12.3. The molecule has 4 aromatic rings. The number of nitrogens with zero attached hydrogens (tertiary/aromatic N) is 4. The third-order valence-corrected chi connectivity index (χ3v) is 6.52. The normalized spacial score (nSPS) is 15.1. The average Bonchev–Trinajstić information content (AvgIpc) is 3.24. The lowest BCUT2D eigenvalue weighted by atomic mass is 10.1. The van der Waals surface area contributed by atoms with E-state index in [0.717, 1.165) is 22.3 Å². The van der Waals surface area contributed by atoms with Gasteiger partial charge in [-0.25, -0.2) is 9.97 Å². The molecular weight excluding hydrogens is 484 g/mol. The van der Waals surface area contributed by atoms with Gasteiger partial charge in [-0.2, -0.15) is 0 Å². The lowest BCUT2D eigenvalue weighted by Crippen LogP contribution is -2.41. The van der Waals surface area contributed by atoms with Crippen molar-refractivity contribution in [3.8, 4) is 0 Å². The highest BCUT2D eigenvalue weighted by atomic mass is 16.4. The van der Waals surface area contributed by atoms with Crippen molar-refractivity contribution in [3.63, 3.8) is 0 Å². The lowest BCUT2D eigenvalue weighted by molar-refractivity contribution is -0.141. The molecule has 0 radical (unpaired) electrons. The molecule has 38 heavy (non-hydrogen) atoms. The first kappa shape index (κ1) is 24.9. The summed E-state index contributed by atoms with van der Waals surface area (Å²) in [6, 6.07) is 17.6. The number of benzene rings is 2. The number of amides is 2. The molecule has 194 valence electrons. The number of nitrogens with one attached hydrogen (secondary N) is 2. The van der Waals surface area contributed by atoms with E-state index in [1.807, 2.05) is 49.4 Å². The molecule has 0 saturated carbocycles. The van der Waals surface area contributed by atoms with Gasteiger partial charge in [0.2, 0.25) is 5.91 Å². The molecule has 0 fully saturated rings. The van der Waals surface area contributed by atoms with Crippen LogP contribution >= 0.6 is 0 Å². The number of aliphatic carboxylic acids is 1. The second-order valence-corrected chi connectivity index (χ2v) is 9.52. The smallest absolute Gasteiger partial charge is 0.305 e. The maximum Gasteiger partial charge on any atom is 0.305 e. The average molecular weight is 513 g/mol. The van der Waals surface area contributed by atoms with Crippen molar-refractivity contribution < 1.29 is 19.5 Å². The second-order valence-electron chi connectivity index (χ2n) is 9.52. The molecule has 0 aliphatic carbocycles. The van der Waals surface area contributed by atoms with Gasteiger partial charge in [-0.05, 0) is 48.4 Å². The highest BCUT2D eigenvalue weighted by molar-refractivity contribution is 5.95. The van der Waals surface area contributed by atoms with Crippen LogP contribution in [0.2, 0.25) is 0 Å². The van der Waals surface area contributed by atoms with Gasteiger partial charge in [-0.15, -0.1) is 0 Å². The summed E-state index contributed by atoms with van der Waals surface area (Å²) in [5, 5.41) is 12.5. The van der Waals surface area contributed by atoms with Gasteiger partial charge in [0.25, 0.3) is 5.91 Å². The van der Waals surface area contributed by atoms with Crippen LogP contribution in [0.4, 0.5) is 5.69 Å². The quantitative estimate of drug-likeness (QED) is 0.346. The Labute approximate surface area is 219 Å². The van der Waals surface area contributed by atoms with Gasteiger partial charge in [0, 0.05) is 37.1 Å². The van der Waals surface area contributed by atoms with Crippen molar-refractivity contribution in [2.75, 3.05) is 12.4 Å². The van der Waals surface area contributed by atoms with Gasteiger partial charge >= 0.3 is 5.97 Å². The number of carbonyl (C=O) groups excluding carboxylic acids is 2. The Morgan fingerprint density at radius 1 is 1.11 bits per heavy atom. The molecule has 0 unspecified atom stereocenters. The highest BCUT2D eigenvalue weighted by Crippen LogP contribution is 2.27. The van der Waals surface area contributed by atoms with E-state index in [1.54, 1.807) is 35.0 Å². The molecule has 2 aromatic heterocycles. The van der Waals surface area contributed by atoms with Crippen molar-refractivity contribution in [2.24, 2.45) is 0 Å². The number of imidazole rings is 1. The van der Waals surface area contributed by atoms with Crippen LogP contribution in [0.5, 0.6) is 0 Å². The zero-order chi connectivity index (χ0) is 26.8. The Bertz CT molecular complexity index is 1520. The number of hydrogen-bond acceptors (Lipinski definition) is 6. The first-order chi connectivity index (χ1) is 18.3. The van der Waals surface area contributed by atoms with Gasteiger partial charge < -0.3 is 25.2 Å². The number of aromatic nitrogens is 3.